The summed E-state index contributed by atoms with van der Waals surface area (Å²) in [6.45, 7) is 2.10. The number of carbonyl (C=O) groups excluding carboxylic acids is 2. The molecule has 29 heavy (non-hydrogen) atoms. The number of nitro groups is 1. The summed E-state index contributed by atoms with van der Waals surface area (Å²) >= 11 is 0. The van der Waals surface area contributed by atoms with Crippen molar-refractivity contribution in [2.45, 2.75) is 12.5 Å². The number of non-ortho nitro benzene ring substituents is 1. The highest BCUT2D eigenvalue weighted by atomic mass is 19.1. The Morgan fingerprint density at radius 1 is 1.00 bits per heavy atom. The number of halogens is 1. The van der Waals surface area contributed by atoms with E-state index in [4.69, 9.17) is 0 Å². The molecule has 0 aromatic heterocycles. The van der Waals surface area contributed by atoms with Crippen LogP contribution in [-0.4, -0.2) is 53.9 Å². The minimum atomic E-state index is -0.607. The number of para-hydroxylation sites is 1. The summed E-state index contributed by atoms with van der Waals surface area (Å²) < 4.78 is 14.0. The van der Waals surface area contributed by atoms with Crippen molar-refractivity contribution < 1.29 is 18.9 Å². The third-order valence-corrected chi connectivity index (χ3v) is 5.37. The lowest BCUT2D eigenvalue weighted by molar-refractivity contribution is -0.384. The molecule has 0 saturated carbocycles. The summed E-state index contributed by atoms with van der Waals surface area (Å²) in [6.07, 6.45) is 0.0290. The van der Waals surface area contributed by atoms with E-state index in [1.807, 2.05) is 9.80 Å². The Hall–Kier alpha value is -3.33. The predicted octanol–water partition coefficient (Wildman–Crippen LogP) is 2.19. The number of anilines is 2. The zero-order chi connectivity index (χ0) is 20.5. The number of nitro benzene ring substituents is 1. The second kappa shape index (κ2) is 7.59. The van der Waals surface area contributed by atoms with Crippen LogP contribution in [0.3, 0.4) is 0 Å². The lowest BCUT2D eigenvalue weighted by Crippen LogP contribution is -2.52. The Morgan fingerprint density at radius 2 is 1.72 bits per heavy atom. The molecule has 0 radical (unpaired) electrons. The predicted molar refractivity (Wildman–Crippen MR) is 104 cm³/mol. The first-order valence-electron chi connectivity index (χ1n) is 9.30. The largest absolute Gasteiger partial charge is 0.367 e. The van der Waals surface area contributed by atoms with Crippen LogP contribution in [0.1, 0.15) is 6.42 Å². The molecule has 0 aliphatic carbocycles. The second-order valence-electron chi connectivity index (χ2n) is 7.04. The maximum Gasteiger partial charge on any atom is 0.271 e. The van der Waals surface area contributed by atoms with E-state index >= 15 is 0 Å². The van der Waals surface area contributed by atoms with Crippen LogP contribution < -0.4 is 9.80 Å². The van der Waals surface area contributed by atoms with Gasteiger partial charge < -0.3 is 4.90 Å². The van der Waals surface area contributed by atoms with Crippen molar-refractivity contribution in [3.63, 3.8) is 0 Å². The molecule has 2 aromatic rings. The molecule has 0 N–H and O–H groups in total. The van der Waals surface area contributed by atoms with Crippen molar-refractivity contribution in [3.8, 4) is 0 Å². The molecule has 150 valence electrons. The smallest absolute Gasteiger partial charge is 0.271 e. The second-order valence-corrected chi connectivity index (χ2v) is 7.04. The minimum Gasteiger partial charge on any atom is -0.367 e. The first kappa shape index (κ1) is 19.0. The molecule has 2 aliphatic heterocycles. The SMILES string of the molecule is O=C1CC(N2CCN(c3ccccc3F)CC2)C(=O)N1c1cccc([N+](=O)[O-])c1. The highest BCUT2D eigenvalue weighted by Gasteiger charge is 2.43. The fraction of sp³-hybridized carbons (Fsp3) is 0.300. The van der Waals surface area contributed by atoms with Crippen molar-refractivity contribution in [1.82, 2.24) is 4.90 Å². The Morgan fingerprint density at radius 3 is 2.41 bits per heavy atom. The Kier molecular flexibility index (Phi) is 4.98. The summed E-state index contributed by atoms with van der Waals surface area (Å²) in [7, 11) is 0. The van der Waals surface area contributed by atoms with Gasteiger partial charge in [0, 0.05) is 38.3 Å². The molecular formula is C20H19FN4O4. The van der Waals surface area contributed by atoms with Crippen molar-refractivity contribution in [2.75, 3.05) is 36.0 Å². The summed E-state index contributed by atoms with van der Waals surface area (Å²) in [5.41, 5.74) is 0.561. The number of hydrogen-bond donors (Lipinski definition) is 0. The van der Waals surface area contributed by atoms with Gasteiger partial charge in [0.2, 0.25) is 5.91 Å². The van der Waals surface area contributed by atoms with Gasteiger partial charge in [0.25, 0.3) is 11.6 Å². The average Bonchev–Trinajstić information content (AvgIpc) is 3.02. The number of hydrogen-bond acceptors (Lipinski definition) is 6. The third-order valence-electron chi connectivity index (χ3n) is 5.37. The number of benzene rings is 2. The number of carbonyl (C=O) groups is 2. The summed E-state index contributed by atoms with van der Waals surface area (Å²) in [5, 5.41) is 11.0. The fourth-order valence-corrected chi connectivity index (χ4v) is 3.90. The molecule has 1 atom stereocenters. The molecular weight excluding hydrogens is 379 g/mol. The molecule has 1 unspecified atom stereocenters. The molecule has 8 nitrogen and oxygen atoms in total. The lowest BCUT2D eigenvalue weighted by atomic mass is 10.1. The van der Waals surface area contributed by atoms with Crippen molar-refractivity contribution in [2.24, 2.45) is 0 Å². The van der Waals surface area contributed by atoms with Gasteiger partial charge in [-0.15, -0.1) is 0 Å². The van der Waals surface area contributed by atoms with Gasteiger partial charge in [-0.3, -0.25) is 24.6 Å². The van der Waals surface area contributed by atoms with Gasteiger partial charge >= 0.3 is 0 Å². The topological polar surface area (TPSA) is 87.0 Å². The van der Waals surface area contributed by atoms with E-state index in [-0.39, 0.29) is 35.4 Å². The van der Waals surface area contributed by atoms with E-state index in [1.165, 1.54) is 30.3 Å². The van der Waals surface area contributed by atoms with Crippen molar-refractivity contribution in [1.29, 1.82) is 0 Å². The molecule has 2 amide bonds. The molecule has 2 heterocycles. The number of imide groups is 1. The maximum absolute atomic E-state index is 14.0. The molecule has 2 saturated heterocycles. The third kappa shape index (κ3) is 3.56. The van der Waals surface area contributed by atoms with Crippen LogP contribution in [0.4, 0.5) is 21.5 Å². The van der Waals surface area contributed by atoms with Gasteiger partial charge in [0.15, 0.2) is 0 Å². The Balaban J connectivity index is 1.47. The van der Waals surface area contributed by atoms with E-state index in [1.54, 1.807) is 18.2 Å². The maximum atomic E-state index is 14.0. The molecule has 2 aromatic carbocycles. The highest BCUT2D eigenvalue weighted by Crippen LogP contribution is 2.29. The molecule has 4 rings (SSSR count). The van der Waals surface area contributed by atoms with E-state index < -0.39 is 11.0 Å². The van der Waals surface area contributed by atoms with Crippen molar-refractivity contribution in [3.05, 3.63) is 64.5 Å². The molecule has 9 heteroatoms. The van der Waals surface area contributed by atoms with E-state index in [2.05, 4.69) is 0 Å². The molecule has 2 fully saturated rings. The minimum absolute atomic E-state index is 0.0290. The van der Waals surface area contributed by atoms with Crippen LogP contribution in [0, 0.1) is 15.9 Å². The van der Waals surface area contributed by atoms with Gasteiger partial charge in [0.05, 0.1) is 28.8 Å². The van der Waals surface area contributed by atoms with E-state index in [9.17, 15) is 24.1 Å². The fourth-order valence-electron chi connectivity index (χ4n) is 3.90. The van der Waals surface area contributed by atoms with Gasteiger partial charge in [0.1, 0.15) is 5.82 Å². The average molecular weight is 398 g/mol. The van der Waals surface area contributed by atoms with Crippen LogP contribution in [-0.2, 0) is 9.59 Å². The summed E-state index contributed by atoms with van der Waals surface area (Å²) in [6, 6.07) is 11.5. The number of nitrogens with zero attached hydrogens (tertiary/aromatic N) is 4. The lowest BCUT2D eigenvalue weighted by Gasteiger charge is -2.38. The monoisotopic (exact) mass is 398 g/mol. The Labute approximate surface area is 166 Å². The zero-order valence-corrected chi connectivity index (χ0v) is 15.5. The normalized spacial score (nSPS) is 20.4. The van der Waals surface area contributed by atoms with Gasteiger partial charge in [-0.2, -0.15) is 0 Å². The van der Waals surface area contributed by atoms with Crippen molar-refractivity contribution >= 4 is 28.9 Å². The first-order chi connectivity index (χ1) is 14.0. The van der Waals surface area contributed by atoms with Crippen LogP contribution >= 0.6 is 0 Å². The van der Waals surface area contributed by atoms with Crippen LogP contribution in [0.15, 0.2) is 48.5 Å². The van der Waals surface area contributed by atoms with Gasteiger partial charge in [-0.1, -0.05) is 18.2 Å². The number of rotatable bonds is 4. The molecule has 2 aliphatic rings. The summed E-state index contributed by atoms with van der Waals surface area (Å²) in [5.74, 6) is -1.04. The quantitative estimate of drug-likeness (QED) is 0.446. The molecule has 0 bridgehead atoms. The Bertz CT molecular complexity index is 974. The highest BCUT2D eigenvalue weighted by molar-refractivity contribution is 6.22. The zero-order valence-electron chi connectivity index (χ0n) is 15.5. The number of amides is 2. The van der Waals surface area contributed by atoms with E-state index in [0.717, 1.165) is 4.90 Å². The van der Waals surface area contributed by atoms with Gasteiger partial charge in [-0.25, -0.2) is 9.29 Å². The first-order valence-corrected chi connectivity index (χ1v) is 9.30. The van der Waals surface area contributed by atoms with Crippen LogP contribution in [0.2, 0.25) is 0 Å². The van der Waals surface area contributed by atoms with E-state index in [0.29, 0.717) is 31.9 Å². The standard InChI is InChI=1S/C20H19FN4O4/c21-16-6-1-2-7-17(16)22-8-10-23(11-9-22)18-13-19(26)24(20(18)27)14-4-3-5-15(12-14)25(28)29/h1-7,12,18H,8-11,13H2. The van der Waals surface area contributed by atoms with Gasteiger partial charge in [-0.05, 0) is 18.2 Å². The molecule has 0 spiro atoms. The number of piperazine rings is 1. The summed E-state index contributed by atoms with van der Waals surface area (Å²) in [4.78, 5) is 40.7. The van der Waals surface area contributed by atoms with Crippen LogP contribution in [0.5, 0.6) is 0 Å². The van der Waals surface area contributed by atoms with Crippen LogP contribution in [0.25, 0.3) is 0 Å².